The highest BCUT2D eigenvalue weighted by Crippen LogP contribution is 2.18. The number of hydrogen-bond donors (Lipinski definition) is 4. The van der Waals surface area contributed by atoms with E-state index in [2.05, 4.69) is 0 Å². The van der Waals surface area contributed by atoms with Crippen LogP contribution in [0.25, 0.3) is 0 Å². The molecule has 0 amide bonds. The van der Waals surface area contributed by atoms with Crippen molar-refractivity contribution >= 4 is 23.2 Å². The lowest BCUT2D eigenvalue weighted by Crippen LogP contribution is -2.27. The van der Waals surface area contributed by atoms with Crippen LogP contribution in [-0.2, 0) is 4.79 Å². The van der Waals surface area contributed by atoms with Crippen LogP contribution in [0.15, 0.2) is 24.3 Å². The standard InChI is InChI=1S/C10H11NO4S/c11-9(16)6-3-1-2-5(4-6)7(12)8(13)10(14)15/h1-4,7-8,12-13H,(H2,11,16)(H,14,15). The number of carboxylic acids is 1. The number of nitrogens with two attached hydrogens (primary N) is 1. The van der Waals surface area contributed by atoms with Gasteiger partial charge in [-0.3, -0.25) is 0 Å². The number of carboxylic acid groups (broad SMARTS) is 1. The van der Waals surface area contributed by atoms with Crippen LogP contribution in [0.3, 0.4) is 0 Å². The third-order valence-electron chi connectivity index (χ3n) is 2.06. The first kappa shape index (κ1) is 12.6. The Bertz CT molecular complexity index is 421. The summed E-state index contributed by atoms with van der Waals surface area (Å²) >= 11 is 4.74. The predicted octanol–water partition coefficient (Wildman–Crippen LogP) is -0.200. The first-order valence-electron chi connectivity index (χ1n) is 4.42. The summed E-state index contributed by atoms with van der Waals surface area (Å²) in [6.07, 6.45) is -3.38. The van der Waals surface area contributed by atoms with Crippen molar-refractivity contribution in [1.29, 1.82) is 0 Å². The number of carbonyl (C=O) groups is 1. The molecule has 0 aromatic heterocycles. The molecule has 0 aliphatic carbocycles. The monoisotopic (exact) mass is 241 g/mol. The lowest BCUT2D eigenvalue weighted by molar-refractivity contribution is -0.153. The normalized spacial score (nSPS) is 14.1. The van der Waals surface area contributed by atoms with Crippen molar-refractivity contribution in [2.24, 2.45) is 5.73 Å². The molecule has 6 heteroatoms. The van der Waals surface area contributed by atoms with E-state index in [1.54, 1.807) is 12.1 Å². The van der Waals surface area contributed by atoms with Gasteiger partial charge in [-0.05, 0) is 11.6 Å². The van der Waals surface area contributed by atoms with Crippen molar-refractivity contribution in [3.05, 3.63) is 35.4 Å². The van der Waals surface area contributed by atoms with Crippen LogP contribution in [-0.4, -0.2) is 32.4 Å². The van der Waals surface area contributed by atoms with Crippen LogP contribution in [0.1, 0.15) is 17.2 Å². The minimum atomic E-state index is -1.87. The SMILES string of the molecule is NC(=S)c1cccc(C(O)C(O)C(=O)O)c1. The molecule has 5 nitrogen and oxygen atoms in total. The van der Waals surface area contributed by atoms with Crippen LogP contribution >= 0.6 is 12.2 Å². The lowest BCUT2D eigenvalue weighted by atomic mass is 10.0. The van der Waals surface area contributed by atoms with Gasteiger partial charge in [-0.1, -0.05) is 30.4 Å². The van der Waals surface area contributed by atoms with Gasteiger partial charge in [0.1, 0.15) is 11.1 Å². The van der Waals surface area contributed by atoms with Crippen LogP contribution in [0, 0.1) is 0 Å². The summed E-state index contributed by atoms with van der Waals surface area (Å²) in [5.74, 6) is -1.49. The van der Waals surface area contributed by atoms with Crippen LogP contribution in [0.2, 0.25) is 0 Å². The van der Waals surface area contributed by atoms with E-state index >= 15 is 0 Å². The zero-order valence-electron chi connectivity index (χ0n) is 8.20. The van der Waals surface area contributed by atoms with E-state index in [1.165, 1.54) is 12.1 Å². The van der Waals surface area contributed by atoms with E-state index in [9.17, 15) is 9.90 Å². The minimum Gasteiger partial charge on any atom is -0.479 e. The maximum atomic E-state index is 10.5. The molecule has 1 aromatic rings. The quantitative estimate of drug-likeness (QED) is 0.544. The Hall–Kier alpha value is -1.50. The first-order valence-corrected chi connectivity index (χ1v) is 4.83. The van der Waals surface area contributed by atoms with Crippen molar-refractivity contribution in [2.75, 3.05) is 0 Å². The van der Waals surface area contributed by atoms with Crippen LogP contribution < -0.4 is 5.73 Å². The zero-order chi connectivity index (χ0) is 12.3. The highest BCUT2D eigenvalue weighted by molar-refractivity contribution is 7.80. The summed E-state index contributed by atoms with van der Waals surface area (Å²) in [5.41, 5.74) is 6.14. The fraction of sp³-hybridized carbons (Fsp3) is 0.200. The molecular formula is C10H11NO4S. The summed E-state index contributed by atoms with van der Waals surface area (Å²) in [5, 5.41) is 27.2. The van der Waals surface area contributed by atoms with Crippen LogP contribution in [0.4, 0.5) is 0 Å². The third-order valence-corrected chi connectivity index (χ3v) is 2.30. The second kappa shape index (κ2) is 5.02. The Balaban J connectivity index is 3.00. The second-order valence-corrected chi connectivity index (χ2v) is 3.66. The molecule has 0 fully saturated rings. The Morgan fingerprint density at radius 2 is 2.00 bits per heavy atom. The van der Waals surface area contributed by atoms with Crippen molar-refractivity contribution in [2.45, 2.75) is 12.2 Å². The molecule has 0 saturated carbocycles. The average molecular weight is 241 g/mol. The summed E-state index contributed by atoms with van der Waals surface area (Å²) in [4.78, 5) is 10.6. The van der Waals surface area contributed by atoms with E-state index < -0.39 is 18.2 Å². The molecule has 5 N–H and O–H groups in total. The molecule has 2 atom stereocenters. The topological polar surface area (TPSA) is 104 Å². The van der Waals surface area contributed by atoms with Crippen molar-refractivity contribution in [3.63, 3.8) is 0 Å². The van der Waals surface area contributed by atoms with E-state index in [1.807, 2.05) is 0 Å². The molecule has 0 saturated heterocycles. The van der Waals surface area contributed by atoms with Gasteiger partial charge in [-0.15, -0.1) is 0 Å². The molecule has 1 rings (SSSR count). The molecule has 1 aromatic carbocycles. The van der Waals surface area contributed by atoms with Crippen molar-refractivity contribution in [1.82, 2.24) is 0 Å². The summed E-state index contributed by atoms with van der Waals surface area (Å²) < 4.78 is 0. The molecule has 2 unspecified atom stereocenters. The second-order valence-electron chi connectivity index (χ2n) is 3.22. The zero-order valence-corrected chi connectivity index (χ0v) is 9.02. The van der Waals surface area contributed by atoms with E-state index in [0.29, 0.717) is 5.56 Å². The van der Waals surface area contributed by atoms with Gasteiger partial charge >= 0.3 is 5.97 Å². The van der Waals surface area contributed by atoms with Gasteiger partial charge in [0.05, 0.1) is 0 Å². The van der Waals surface area contributed by atoms with Gasteiger partial charge in [-0.2, -0.15) is 0 Å². The Kier molecular flexibility index (Phi) is 3.94. The largest absolute Gasteiger partial charge is 0.479 e. The molecule has 16 heavy (non-hydrogen) atoms. The molecule has 0 spiro atoms. The number of aliphatic carboxylic acids is 1. The summed E-state index contributed by atoms with van der Waals surface area (Å²) in [7, 11) is 0. The molecule has 0 bridgehead atoms. The molecule has 0 aliphatic rings. The van der Waals surface area contributed by atoms with Crippen molar-refractivity contribution in [3.8, 4) is 0 Å². The molecule has 86 valence electrons. The lowest BCUT2D eigenvalue weighted by Gasteiger charge is -2.14. The van der Waals surface area contributed by atoms with Gasteiger partial charge in [-0.25, -0.2) is 4.79 Å². The highest BCUT2D eigenvalue weighted by Gasteiger charge is 2.25. The number of aliphatic hydroxyl groups is 2. The van der Waals surface area contributed by atoms with E-state index in [-0.39, 0.29) is 10.6 Å². The van der Waals surface area contributed by atoms with Gasteiger partial charge in [0.15, 0.2) is 6.10 Å². The maximum absolute atomic E-state index is 10.5. The fourth-order valence-corrected chi connectivity index (χ4v) is 1.32. The van der Waals surface area contributed by atoms with Gasteiger partial charge in [0, 0.05) is 5.56 Å². The average Bonchev–Trinajstić information content (AvgIpc) is 2.27. The van der Waals surface area contributed by atoms with Gasteiger partial charge < -0.3 is 21.1 Å². The van der Waals surface area contributed by atoms with Gasteiger partial charge in [0.2, 0.25) is 0 Å². The maximum Gasteiger partial charge on any atom is 0.335 e. The molecular weight excluding hydrogens is 230 g/mol. The Morgan fingerprint density at radius 3 is 2.50 bits per heavy atom. The van der Waals surface area contributed by atoms with E-state index in [4.69, 9.17) is 28.2 Å². The number of aliphatic hydroxyl groups excluding tert-OH is 2. The summed E-state index contributed by atoms with van der Waals surface area (Å²) in [6.45, 7) is 0. The number of hydrogen-bond acceptors (Lipinski definition) is 4. The van der Waals surface area contributed by atoms with Gasteiger partial charge in [0.25, 0.3) is 0 Å². The van der Waals surface area contributed by atoms with E-state index in [0.717, 1.165) is 0 Å². The molecule has 0 radical (unpaired) electrons. The summed E-state index contributed by atoms with van der Waals surface area (Å²) in [6, 6.07) is 6.13. The molecule has 0 aliphatic heterocycles. The number of rotatable bonds is 4. The van der Waals surface area contributed by atoms with Crippen molar-refractivity contribution < 1.29 is 20.1 Å². The number of benzene rings is 1. The minimum absolute atomic E-state index is 0.138. The smallest absolute Gasteiger partial charge is 0.335 e. The highest BCUT2D eigenvalue weighted by atomic mass is 32.1. The Labute approximate surface area is 97.1 Å². The van der Waals surface area contributed by atoms with Crippen LogP contribution in [0.5, 0.6) is 0 Å². The fourth-order valence-electron chi connectivity index (χ4n) is 1.19. The number of thiocarbonyl (C=S) groups is 1. The predicted molar refractivity (Wildman–Crippen MR) is 60.9 cm³/mol. The third kappa shape index (κ3) is 2.75. The Morgan fingerprint density at radius 1 is 1.38 bits per heavy atom. The first-order chi connectivity index (χ1) is 7.43. The molecule has 0 heterocycles.